The Balaban J connectivity index is 2.47. The second kappa shape index (κ2) is 5.11. The van der Waals surface area contributed by atoms with Crippen molar-refractivity contribution in [1.82, 2.24) is 4.90 Å². The van der Waals surface area contributed by atoms with Crippen LogP contribution in [0.4, 0.5) is 4.39 Å². The van der Waals surface area contributed by atoms with Gasteiger partial charge in [-0.25, -0.2) is 4.39 Å². The molecule has 1 nitrogen and oxygen atoms in total. The number of likely N-dealkylation sites (tertiary alicyclic amines) is 1. The SMILES string of the molecule is CCC(C)C1CCN(C(C)C)CC1F. The van der Waals surface area contributed by atoms with E-state index in [1.54, 1.807) is 0 Å². The Morgan fingerprint density at radius 2 is 2.00 bits per heavy atom. The molecule has 0 aromatic carbocycles. The number of nitrogens with zero attached hydrogens (tertiary/aromatic N) is 1. The minimum absolute atomic E-state index is 0.301. The quantitative estimate of drug-likeness (QED) is 0.678. The Morgan fingerprint density at radius 3 is 2.43 bits per heavy atom. The van der Waals surface area contributed by atoms with Crippen molar-refractivity contribution in [3.63, 3.8) is 0 Å². The molecule has 2 heteroatoms. The molecular weight excluding hydrogens is 177 g/mol. The fraction of sp³-hybridized carbons (Fsp3) is 1.00. The summed E-state index contributed by atoms with van der Waals surface area (Å²) in [6.07, 6.45) is 1.53. The Morgan fingerprint density at radius 1 is 1.36 bits per heavy atom. The predicted molar refractivity (Wildman–Crippen MR) is 59.2 cm³/mol. The van der Waals surface area contributed by atoms with E-state index in [0.29, 0.717) is 24.4 Å². The van der Waals surface area contributed by atoms with Crippen molar-refractivity contribution in [2.45, 2.75) is 52.8 Å². The van der Waals surface area contributed by atoms with Crippen LogP contribution in [0.15, 0.2) is 0 Å². The molecule has 3 atom stereocenters. The molecule has 1 rings (SSSR count). The van der Waals surface area contributed by atoms with Crippen LogP contribution in [0.1, 0.15) is 40.5 Å². The first-order valence-corrected chi connectivity index (χ1v) is 5.94. The van der Waals surface area contributed by atoms with E-state index in [1.165, 1.54) is 0 Å². The van der Waals surface area contributed by atoms with Gasteiger partial charge in [-0.05, 0) is 38.6 Å². The molecule has 0 bridgehead atoms. The first-order valence-electron chi connectivity index (χ1n) is 5.94. The third kappa shape index (κ3) is 2.69. The van der Waals surface area contributed by atoms with Crippen LogP contribution in [-0.4, -0.2) is 30.2 Å². The molecule has 14 heavy (non-hydrogen) atoms. The maximum Gasteiger partial charge on any atom is 0.116 e. The van der Waals surface area contributed by atoms with Crippen molar-refractivity contribution in [2.24, 2.45) is 11.8 Å². The van der Waals surface area contributed by atoms with E-state index in [2.05, 4.69) is 32.6 Å². The Kier molecular flexibility index (Phi) is 4.36. The van der Waals surface area contributed by atoms with Gasteiger partial charge >= 0.3 is 0 Å². The molecule has 3 unspecified atom stereocenters. The predicted octanol–water partition coefficient (Wildman–Crippen LogP) is 3.10. The monoisotopic (exact) mass is 201 g/mol. The van der Waals surface area contributed by atoms with E-state index in [4.69, 9.17) is 0 Å². The lowest BCUT2D eigenvalue weighted by molar-refractivity contribution is 0.0406. The Hall–Kier alpha value is -0.110. The lowest BCUT2D eigenvalue weighted by Crippen LogP contribution is -2.46. The first kappa shape index (κ1) is 12.0. The van der Waals surface area contributed by atoms with Gasteiger partial charge in [-0.2, -0.15) is 0 Å². The molecule has 0 aromatic heterocycles. The summed E-state index contributed by atoms with van der Waals surface area (Å²) in [4.78, 5) is 2.25. The van der Waals surface area contributed by atoms with Gasteiger partial charge in [0.2, 0.25) is 0 Å². The average Bonchev–Trinajstić information content (AvgIpc) is 2.16. The van der Waals surface area contributed by atoms with Crippen molar-refractivity contribution in [3.05, 3.63) is 0 Å². The van der Waals surface area contributed by atoms with Gasteiger partial charge in [-0.15, -0.1) is 0 Å². The maximum atomic E-state index is 13.9. The normalized spacial score (nSPS) is 32.1. The highest BCUT2D eigenvalue weighted by Gasteiger charge is 2.32. The van der Waals surface area contributed by atoms with Crippen molar-refractivity contribution in [2.75, 3.05) is 13.1 Å². The summed E-state index contributed by atoms with van der Waals surface area (Å²) in [5.41, 5.74) is 0. The molecule has 0 amide bonds. The Labute approximate surface area is 87.7 Å². The molecule has 1 heterocycles. The number of hydrogen-bond acceptors (Lipinski definition) is 1. The zero-order valence-corrected chi connectivity index (χ0v) is 9.96. The third-order valence-electron chi connectivity index (χ3n) is 3.73. The largest absolute Gasteiger partial charge is 0.298 e. The van der Waals surface area contributed by atoms with Crippen LogP contribution < -0.4 is 0 Å². The summed E-state index contributed by atoms with van der Waals surface area (Å²) in [5, 5.41) is 0. The second-order valence-corrected chi connectivity index (χ2v) is 4.94. The van der Waals surface area contributed by atoms with Gasteiger partial charge in [0.1, 0.15) is 6.17 Å². The highest BCUT2D eigenvalue weighted by atomic mass is 19.1. The van der Waals surface area contributed by atoms with E-state index in [-0.39, 0.29) is 0 Å². The van der Waals surface area contributed by atoms with Gasteiger partial charge in [0, 0.05) is 12.6 Å². The van der Waals surface area contributed by atoms with Crippen LogP contribution in [0.5, 0.6) is 0 Å². The van der Waals surface area contributed by atoms with Crippen molar-refractivity contribution in [1.29, 1.82) is 0 Å². The van der Waals surface area contributed by atoms with E-state index in [0.717, 1.165) is 19.4 Å². The van der Waals surface area contributed by atoms with Crippen molar-refractivity contribution < 1.29 is 4.39 Å². The number of piperidine rings is 1. The molecule has 84 valence electrons. The zero-order valence-electron chi connectivity index (χ0n) is 9.96. The molecule has 1 fully saturated rings. The molecule has 0 spiro atoms. The van der Waals surface area contributed by atoms with Gasteiger partial charge in [0.05, 0.1) is 0 Å². The first-order chi connectivity index (χ1) is 6.56. The average molecular weight is 201 g/mol. The number of halogens is 1. The molecular formula is C12H24FN. The molecule has 0 radical (unpaired) electrons. The van der Waals surface area contributed by atoms with Crippen LogP contribution in [0.25, 0.3) is 0 Å². The molecule has 1 aliphatic heterocycles. The van der Waals surface area contributed by atoms with Crippen molar-refractivity contribution >= 4 is 0 Å². The number of hydrogen-bond donors (Lipinski definition) is 0. The van der Waals surface area contributed by atoms with Gasteiger partial charge in [0.25, 0.3) is 0 Å². The summed E-state index contributed by atoms with van der Waals surface area (Å²) < 4.78 is 13.9. The second-order valence-electron chi connectivity index (χ2n) is 4.94. The van der Waals surface area contributed by atoms with Crippen LogP contribution in [0, 0.1) is 11.8 Å². The van der Waals surface area contributed by atoms with Gasteiger partial charge in [0.15, 0.2) is 0 Å². The summed E-state index contributed by atoms with van der Waals surface area (Å²) in [6.45, 7) is 10.4. The lowest BCUT2D eigenvalue weighted by Gasteiger charge is -2.39. The highest BCUT2D eigenvalue weighted by Crippen LogP contribution is 2.29. The fourth-order valence-electron chi connectivity index (χ4n) is 2.36. The minimum atomic E-state index is -0.610. The number of rotatable bonds is 3. The summed E-state index contributed by atoms with van der Waals surface area (Å²) >= 11 is 0. The van der Waals surface area contributed by atoms with Gasteiger partial charge < -0.3 is 0 Å². The maximum absolute atomic E-state index is 13.9. The third-order valence-corrected chi connectivity index (χ3v) is 3.73. The van der Waals surface area contributed by atoms with Crippen molar-refractivity contribution in [3.8, 4) is 0 Å². The highest BCUT2D eigenvalue weighted by molar-refractivity contribution is 4.84. The van der Waals surface area contributed by atoms with E-state index in [1.807, 2.05) is 0 Å². The van der Waals surface area contributed by atoms with E-state index >= 15 is 0 Å². The summed E-state index contributed by atoms with van der Waals surface area (Å²) in [5.74, 6) is 0.842. The van der Waals surface area contributed by atoms with E-state index in [9.17, 15) is 4.39 Å². The lowest BCUT2D eigenvalue weighted by atomic mass is 9.82. The van der Waals surface area contributed by atoms with Crippen LogP contribution in [0.3, 0.4) is 0 Å². The van der Waals surface area contributed by atoms with Gasteiger partial charge in [-0.1, -0.05) is 20.3 Å². The standard InChI is InChI=1S/C12H24FN/c1-5-10(4)11-6-7-14(9(2)3)8-12(11)13/h9-12H,5-8H2,1-4H3. The topological polar surface area (TPSA) is 3.24 Å². The Bertz CT molecular complexity index is 170. The summed E-state index contributed by atoms with van der Waals surface area (Å²) in [6, 6.07) is 0.492. The van der Waals surface area contributed by atoms with Crippen LogP contribution in [0.2, 0.25) is 0 Å². The van der Waals surface area contributed by atoms with E-state index < -0.39 is 6.17 Å². The van der Waals surface area contributed by atoms with Gasteiger partial charge in [-0.3, -0.25) is 4.90 Å². The smallest absolute Gasteiger partial charge is 0.116 e. The summed E-state index contributed by atoms with van der Waals surface area (Å²) in [7, 11) is 0. The fourth-order valence-corrected chi connectivity index (χ4v) is 2.36. The molecule has 1 aliphatic rings. The van der Waals surface area contributed by atoms with Crippen LogP contribution >= 0.6 is 0 Å². The molecule has 0 saturated carbocycles. The number of alkyl halides is 1. The zero-order chi connectivity index (χ0) is 10.7. The molecule has 0 aromatic rings. The molecule has 0 N–H and O–H groups in total. The van der Waals surface area contributed by atoms with Crippen LogP contribution in [-0.2, 0) is 0 Å². The minimum Gasteiger partial charge on any atom is -0.298 e. The molecule has 0 aliphatic carbocycles. The molecule has 1 saturated heterocycles.